The third-order valence-corrected chi connectivity index (χ3v) is 3.28. The highest BCUT2D eigenvalue weighted by atomic mass is 32.2. The van der Waals surface area contributed by atoms with Crippen LogP contribution in [0, 0.1) is 0 Å². The van der Waals surface area contributed by atoms with Gasteiger partial charge in [0.25, 0.3) is 26.1 Å². The van der Waals surface area contributed by atoms with E-state index in [-0.39, 0.29) is 5.96 Å². The number of amides is 1. The lowest BCUT2D eigenvalue weighted by atomic mass is 10.00. The third kappa shape index (κ3) is 11.1. The maximum Gasteiger partial charge on any atom is 0.280 e. The number of carbonyl (C=O) groups excluding carboxylic acids is 1. The van der Waals surface area contributed by atoms with E-state index in [0.29, 0.717) is 18.1 Å². The van der Waals surface area contributed by atoms with E-state index >= 15 is 0 Å². The van der Waals surface area contributed by atoms with Gasteiger partial charge in [-0.15, -0.1) is 0 Å². The minimum absolute atomic E-state index is 0.248. The van der Waals surface area contributed by atoms with Gasteiger partial charge in [0.15, 0.2) is 5.96 Å². The first-order chi connectivity index (χ1) is 14.6. The van der Waals surface area contributed by atoms with Gasteiger partial charge in [-0.05, 0) is 23.8 Å². The Hall–Kier alpha value is -3.39. The lowest BCUT2D eigenvalue weighted by molar-refractivity contribution is 0.100. The van der Waals surface area contributed by atoms with Gasteiger partial charge in [0.1, 0.15) is 0 Å². The highest BCUT2D eigenvalue weighted by Gasteiger charge is 2.09. The van der Waals surface area contributed by atoms with Crippen LogP contribution in [0.3, 0.4) is 0 Å². The third-order valence-electron chi connectivity index (χ3n) is 3.28. The zero-order valence-electron chi connectivity index (χ0n) is 17.1. The number of benzene rings is 2. The minimum atomic E-state index is -3.67. The number of para-hydroxylation sites is 1. The van der Waals surface area contributed by atoms with Crippen molar-refractivity contribution in [1.29, 1.82) is 0 Å². The van der Waals surface area contributed by atoms with Crippen molar-refractivity contribution in [2.24, 2.45) is 16.5 Å². The molecule has 0 aliphatic carbocycles. The molecule has 0 aliphatic rings. The molecule has 0 saturated carbocycles. The number of guanidine groups is 1. The predicted molar refractivity (Wildman–Crippen MR) is 122 cm³/mol. The first-order valence-electron chi connectivity index (χ1n) is 8.58. The highest BCUT2D eigenvalue weighted by molar-refractivity contribution is 7.85. The van der Waals surface area contributed by atoms with Crippen LogP contribution in [0.25, 0.3) is 22.0 Å². The summed E-state index contributed by atoms with van der Waals surface area (Å²) < 4.78 is 51.7. The highest BCUT2D eigenvalue weighted by Crippen LogP contribution is 2.27. The van der Waals surface area contributed by atoms with E-state index in [2.05, 4.69) is 9.98 Å². The second kappa shape index (κ2) is 11.3. The fourth-order valence-corrected chi connectivity index (χ4v) is 2.34. The maximum atomic E-state index is 11.9. The van der Waals surface area contributed by atoms with Crippen molar-refractivity contribution in [3.8, 4) is 11.1 Å². The van der Waals surface area contributed by atoms with Gasteiger partial charge in [0, 0.05) is 22.7 Å². The lowest BCUT2D eigenvalue weighted by Crippen LogP contribution is -2.24. The molecule has 1 aromatic heterocycles. The number of aliphatic imine (C=N–C) groups is 1. The molecular weight excluding hydrogens is 460 g/mol. The normalized spacial score (nSPS) is 10.8. The Morgan fingerprint density at radius 2 is 1.44 bits per heavy atom. The summed E-state index contributed by atoms with van der Waals surface area (Å²) in [6, 6.07) is 17.0. The van der Waals surface area contributed by atoms with E-state index in [0.717, 1.165) is 22.0 Å². The molecule has 1 amide bonds. The Balaban J connectivity index is 0.000000431. The van der Waals surface area contributed by atoms with Crippen molar-refractivity contribution in [3.63, 3.8) is 0 Å². The van der Waals surface area contributed by atoms with E-state index in [1.54, 1.807) is 24.4 Å². The van der Waals surface area contributed by atoms with Crippen molar-refractivity contribution in [2.45, 2.75) is 0 Å². The number of carbonyl (C=O) groups is 1. The predicted octanol–water partition coefficient (Wildman–Crippen LogP) is 1.32. The van der Waals surface area contributed by atoms with Crippen LogP contribution in [0.1, 0.15) is 10.4 Å². The number of hydrogen-bond donors (Lipinski definition) is 4. The lowest BCUT2D eigenvalue weighted by Gasteiger charge is -2.07. The van der Waals surface area contributed by atoms with Gasteiger partial charge >= 0.3 is 0 Å². The summed E-state index contributed by atoms with van der Waals surface area (Å²) >= 11 is 0. The molecule has 6 N–H and O–H groups in total. The molecule has 13 heteroatoms. The van der Waals surface area contributed by atoms with Gasteiger partial charge in [0.05, 0.1) is 18.0 Å². The fourth-order valence-electron chi connectivity index (χ4n) is 2.34. The Morgan fingerprint density at radius 3 is 2.00 bits per heavy atom. The molecule has 0 saturated heterocycles. The topological polar surface area (TPSA) is 203 Å². The van der Waals surface area contributed by atoms with E-state index < -0.39 is 26.1 Å². The van der Waals surface area contributed by atoms with Crippen LogP contribution in [0.5, 0.6) is 0 Å². The summed E-state index contributed by atoms with van der Waals surface area (Å²) in [5.74, 6) is -0.711. The van der Waals surface area contributed by atoms with Gasteiger partial charge in [0.2, 0.25) is 0 Å². The smallest absolute Gasteiger partial charge is 0.280 e. The van der Waals surface area contributed by atoms with E-state index in [4.69, 9.17) is 20.6 Å². The second-order valence-electron chi connectivity index (χ2n) is 6.27. The largest absolute Gasteiger partial charge is 0.370 e. The standard InChI is InChI=1S/C17H14N4O.2CH4O3S/c18-17(19)21-16(22)13-6-1-5-12(10-13)14-8-2-4-11-7-3-9-20-15(11)14;2*1-5(2,3)4/h1-10H,(H4,18,19,21,22);2*1H3,(H,2,3,4). The fraction of sp³-hybridized carbons (Fsp3) is 0.105. The molecule has 0 unspecified atom stereocenters. The van der Waals surface area contributed by atoms with Gasteiger partial charge in [-0.1, -0.05) is 36.4 Å². The molecule has 0 bridgehead atoms. The summed E-state index contributed by atoms with van der Waals surface area (Å²) in [6.07, 6.45) is 3.18. The van der Waals surface area contributed by atoms with Crippen LogP contribution < -0.4 is 11.5 Å². The van der Waals surface area contributed by atoms with Crippen LogP contribution in [-0.4, -0.2) is 55.3 Å². The van der Waals surface area contributed by atoms with Crippen molar-refractivity contribution in [2.75, 3.05) is 12.5 Å². The van der Waals surface area contributed by atoms with Crippen molar-refractivity contribution >= 4 is 43.0 Å². The minimum Gasteiger partial charge on any atom is -0.370 e. The number of nitrogens with two attached hydrogens (primary N) is 2. The summed E-state index contributed by atoms with van der Waals surface area (Å²) in [5, 5.41) is 1.04. The molecule has 2 aromatic carbocycles. The van der Waals surface area contributed by atoms with Crippen LogP contribution in [-0.2, 0) is 20.2 Å². The Kier molecular flexibility index (Phi) is 9.40. The van der Waals surface area contributed by atoms with Crippen LogP contribution in [0.2, 0.25) is 0 Å². The molecule has 11 nitrogen and oxygen atoms in total. The first-order valence-corrected chi connectivity index (χ1v) is 12.3. The number of pyridine rings is 1. The molecule has 0 atom stereocenters. The average Bonchev–Trinajstić information content (AvgIpc) is 2.64. The average molecular weight is 483 g/mol. The number of aromatic nitrogens is 1. The zero-order valence-corrected chi connectivity index (χ0v) is 18.7. The summed E-state index contributed by atoms with van der Waals surface area (Å²) in [5.41, 5.74) is 13.7. The van der Waals surface area contributed by atoms with Gasteiger partial charge < -0.3 is 11.5 Å². The maximum absolute atomic E-state index is 11.9. The van der Waals surface area contributed by atoms with E-state index in [9.17, 15) is 21.6 Å². The molecule has 172 valence electrons. The number of fused-ring (bicyclic) bond motifs is 1. The quantitative estimate of drug-likeness (QED) is 0.234. The number of rotatable bonds is 2. The molecule has 32 heavy (non-hydrogen) atoms. The van der Waals surface area contributed by atoms with Gasteiger partial charge in [-0.25, -0.2) is 0 Å². The van der Waals surface area contributed by atoms with E-state index in [1.165, 1.54) is 0 Å². The molecule has 0 aliphatic heterocycles. The molecular formula is C19H22N4O7S2. The monoisotopic (exact) mass is 482 g/mol. The van der Waals surface area contributed by atoms with Crippen LogP contribution in [0.15, 0.2) is 65.8 Å². The van der Waals surface area contributed by atoms with E-state index in [1.807, 2.05) is 36.4 Å². The molecule has 3 rings (SSSR count). The Bertz CT molecular complexity index is 1280. The van der Waals surface area contributed by atoms with Gasteiger partial charge in [-0.3, -0.25) is 18.9 Å². The summed E-state index contributed by atoms with van der Waals surface area (Å²) in [7, 11) is -7.33. The van der Waals surface area contributed by atoms with Crippen LogP contribution >= 0.6 is 0 Å². The Morgan fingerprint density at radius 1 is 0.906 bits per heavy atom. The summed E-state index contributed by atoms with van der Waals surface area (Å²) in [6.45, 7) is 0. The molecule has 1 heterocycles. The van der Waals surface area contributed by atoms with Gasteiger partial charge in [-0.2, -0.15) is 21.8 Å². The summed E-state index contributed by atoms with van der Waals surface area (Å²) in [4.78, 5) is 19.9. The van der Waals surface area contributed by atoms with Crippen molar-refractivity contribution in [1.82, 2.24) is 4.98 Å². The zero-order chi connectivity index (χ0) is 24.5. The number of nitrogens with zero attached hydrogens (tertiary/aromatic N) is 2. The molecule has 0 fully saturated rings. The SMILES string of the molecule is CS(=O)(=O)O.CS(=O)(=O)O.NC(N)=NC(=O)c1cccc(-c2cccc3cccnc23)c1. The first kappa shape index (κ1) is 26.6. The van der Waals surface area contributed by atoms with Crippen molar-refractivity contribution < 1.29 is 30.7 Å². The number of hydrogen-bond acceptors (Lipinski definition) is 6. The van der Waals surface area contributed by atoms with Crippen LogP contribution in [0.4, 0.5) is 0 Å². The Labute approximate surface area is 185 Å². The molecule has 0 spiro atoms. The second-order valence-corrected chi connectivity index (χ2v) is 9.20. The molecule has 3 aromatic rings. The van der Waals surface area contributed by atoms with Crippen molar-refractivity contribution in [3.05, 3.63) is 66.4 Å². The molecule has 0 radical (unpaired) electrons.